The van der Waals surface area contributed by atoms with Crippen LogP contribution in [0.15, 0.2) is 48.7 Å². The van der Waals surface area contributed by atoms with Gasteiger partial charge in [-0.3, -0.25) is 4.98 Å². The molecule has 1 aliphatic heterocycles. The van der Waals surface area contributed by atoms with E-state index < -0.39 is 15.6 Å². The van der Waals surface area contributed by atoms with Crippen LogP contribution in [0, 0.1) is 0 Å². The summed E-state index contributed by atoms with van der Waals surface area (Å²) in [7, 11) is -3.33. The average Bonchev–Trinajstić information content (AvgIpc) is 3.19. The van der Waals surface area contributed by atoms with Gasteiger partial charge in [0, 0.05) is 12.6 Å². The van der Waals surface area contributed by atoms with Crippen molar-refractivity contribution in [2.24, 2.45) is 0 Å². The summed E-state index contributed by atoms with van der Waals surface area (Å²) < 4.78 is 33.2. The summed E-state index contributed by atoms with van der Waals surface area (Å²) in [5, 5.41) is 10.2. The van der Waals surface area contributed by atoms with E-state index in [1.807, 2.05) is 12.1 Å². The Hall–Kier alpha value is -2.00. The Balaban J connectivity index is 1.41. The number of pyridine rings is 1. The van der Waals surface area contributed by atoms with Crippen LogP contribution >= 0.6 is 0 Å². The highest BCUT2D eigenvalue weighted by Gasteiger charge is 2.37. The first-order valence-corrected chi connectivity index (χ1v) is 14.1. The minimum atomic E-state index is -3.33. The van der Waals surface area contributed by atoms with Crippen LogP contribution in [0.1, 0.15) is 63.1 Å². The molecule has 1 saturated carbocycles. The molecular formula is C26H37N3O4S. The zero-order valence-electron chi connectivity index (χ0n) is 20.4. The van der Waals surface area contributed by atoms with Gasteiger partial charge in [0.15, 0.2) is 0 Å². The first-order chi connectivity index (χ1) is 16.1. The Morgan fingerprint density at radius 1 is 1.09 bits per heavy atom. The van der Waals surface area contributed by atoms with Crippen LogP contribution in [0.25, 0.3) is 0 Å². The van der Waals surface area contributed by atoms with Gasteiger partial charge in [-0.25, -0.2) is 13.1 Å². The molecule has 2 aliphatic rings. The molecule has 1 aromatic carbocycles. The predicted molar refractivity (Wildman–Crippen MR) is 134 cm³/mol. The van der Waals surface area contributed by atoms with Crippen LogP contribution < -0.4 is 9.62 Å². The second-order valence-electron chi connectivity index (χ2n) is 10.2. The van der Waals surface area contributed by atoms with Gasteiger partial charge in [0.25, 0.3) is 0 Å². The summed E-state index contributed by atoms with van der Waals surface area (Å²) in [5.41, 5.74) is 1.91. The summed E-state index contributed by atoms with van der Waals surface area (Å²) in [4.78, 5) is 6.62. The minimum Gasteiger partial charge on any atom is -0.384 e. The van der Waals surface area contributed by atoms with Crippen LogP contribution in [0.4, 0.5) is 5.69 Å². The van der Waals surface area contributed by atoms with Gasteiger partial charge >= 0.3 is 0 Å². The van der Waals surface area contributed by atoms with E-state index in [0.717, 1.165) is 31.4 Å². The third-order valence-corrected chi connectivity index (χ3v) is 7.80. The zero-order chi connectivity index (χ0) is 24.3. The Kier molecular flexibility index (Phi) is 7.62. The van der Waals surface area contributed by atoms with E-state index in [1.54, 1.807) is 20.0 Å². The monoisotopic (exact) mass is 487 g/mol. The summed E-state index contributed by atoms with van der Waals surface area (Å²) in [6.07, 6.45) is 8.10. The number of nitrogens with one attached hydrogen (secondary N) is 1. The molecule has 1 aliphatic carbocycles. The molecule has 186 valence electrons. The Bertz CT molecular complexity index is 1030. The second kappa shape index (κ2) is 10.3. The third kappa shape index (κ3) is 6.36. The van der Waals surface area contributed by atoms with Crippen LogP contribution in [0.3, 0.4) is 0 Å². The van der Waals surface area contributed by atoms with Crippen molar-refractivity contribution in [2.75, 3.05) is 24.3 Å². The molecule has 1 aromatic heterocycles. The van der Waals surface area contributed by atoms with Crippen molar-refractivity contribution in [3.8, 4) is 0 Å². The molecule has 0 radical (unpaired) electrons. The standard InChI is InChI=1S/C26H37N3O4S/c1-26(2,30)25-14-11-21(17-27-25)29-16-15-23(28-34(3,31)32)24(29)18-33-22-12-9-20(10-13-22)19-7-5-4-6-8-19/h4-8,11,14,17,20,22-24,28,30H,9-10,12-13,15-16,18H2,1-3H3/t20?,22?,23-,24-/m0/s1. The highest BCUT2D eigenvalue weighted by molar-refractivity contribution is 7.88. The lowest BCUT2D eigenvalue weighted by molar-refractivity contribution is 0.0156. The maximum absolute atomic E-state index is 12.0. The van der Waals surface area contributed by atoms with Crippen LogP contribution in [-0.4, -0.2) is 56.1 Å². The van der Waals surface area contributed by atoms with Gasteiger partial charge in [-0.1, -0.05) is 30.3 Å². The van der Waals surface area contributed by atoms with E-state index in [-0.39, 0.29) is 18.2 Å². The lowest BCUT2D eigenvalue weighted by atomic mass is 9.83. The lowest BCUT2D eigenvalue weighted by Crippen LogP contribution is -2.48. The van der Waals surface area contributed by atoms with Crippen molar-refractivity contribution in [3.63, 3.8) is 0 Å². The van der Waals surface area contributed by atoms with Crippen molar-refractivity contribution in [3.05, 3.63) is 59.9 Å². The molecule has 1 saturated heterocycles. The number of sulfonamides is 1. The van der Waals surface area contributed by atoms with Crippen LogP contribution in [-0.2, 0) is 20.4 Å². The average molecular weight is 488 g/mol. The molecule has 0 unspecified atom stereocenters. The summed E-state index contributed by atoms with van der Waals surface area (Å²) in [5.74, 6) is 0.587. The highest BCUT2D eigenvalue weighted by atomic mass is 32.2. The number of ether oxygens (including phenoxy) is 1. The van der Waals surface area contributed by atoms with Crippen LogP contribution in [0.2, 0.25) is 0 Å². The largest absolute Gasteiger partial charge is 0.384 e. The van der Waals surface area contributed by atoms with Crippen molar-refractivity contribution < 1.29 is 18.3 Å². The van der Waals surface area contributed by atoms with Gasteiger partial charge in [-0.15, -0.1) is 0 Å². The number of rotatable bonds is 8. The molecule has 34 heavy (non-hydrogen) atoms. The van der Waals surface area contributed by atoms with Gasteiger partial charge in [-0.2, -0.15) is 0 Å². The van der Waals surface area contributed by atoms with E-state index in [2.05, 4.69) is 44.9 Å². The van der Waals surface area contributed by atoms with Gasteiger partial charge < -0.3 is 14.7 Å². The molecule has 2 N–H and O–H groups in total. The third-order valence-electron chi connectivity index (χ3n) is 7.07. The summed E-state index contributed by atoms with van der Waals surface area (Å²) in [6.45, 7) is 4.59. The van der Waals surface area contributed by atoms with Crippen molar-refractivity contribution >= 4 is 15.7 Å². The highest BCUT2D eigenvalue weighted by Crippen LogP contribution is 2.35. The maximum Gasteiger partial charge on any atom is 0.209 e. The number of aliphatic hydroxyl groups is 1. The maximum atomic E-state index is 12.0. The van der Waals surface area contributed by atoms with E-state index in [4.69, 9.17) is 4.74 Å². The normalized spacial score (nSPS) is 26.1. The number of benzene rings is 1. The predicted octanol–water partition coefficient (Wildman–Crippen LogP) is 3.55. The molecular weight excluding hydrogens is 450 g/mol. The fourth-order valence-electron chi connectivity index (χ4n) is 5.23. The first-order valence-electron chi connectivity index (χ1n) is 12.2. The quantitative estimate of drug-likeness (QED) is 0.592. The van der Waals surface area contributed by atoms with Crippen molar-refractivity contribution in [2.45, 2.75) is 75.7 Å². The summed E-state index contributed by atoms with van der Waals surface area (Å²) in [6, 6.07) is 14.1. The minimum absolute atomic E-state index is 0.114. The van der Waals surface area contributed by atoms with E-state index in [9.17, 15) is 13.5 Å². The SMILES string of the molecule is CC(C)(O)c1ccc(N2CC[C@H](NS(C)(=O)=O)[C@@H]2COC2CCC(c3ccccc3)CC2)cn1. The molecule has 4 rings (SSSR count). The topological polar surface area (TPSA) is 91.8 Å². The number of nitrogens with zero attached hydrogens (tertiary/aromatic N) is 2. The zero-order valence-corrected chi connectivity index (χ0v) is 21.2. The molecule has 8 heteroatoms. The Labute approximate surface area is 203 Å². The van der Waals surface area contributed by atoms with Gasteiger partial charge in [0.05, 0.1) is 42.6 Å². The first kappa shape index (κ1) is 25.1. The molecule has 7 nitrogen and oxygen atoms in total. The fourth-order valence-corrected chi connectivity index (χ4v) is 6.06. The number of anilines is 1. The Morgan fingerprint density at radius 2 is 1.79 bits per heavy atom. The van der Waals surface area contributed by atoms with E-state index in [1.165, 1.54) is 11.8 Å². The van der Waals surface area contributed by atoms with Gasteiger partial charge in [0.1, 0.15) is 5.60 Å². The molecule has 2 heterocycles. The van der Waals surface area contributed by atoms with Crippen molar-refractivity contribution in [1.82, 2.24) is 9.71 Å². The van der Waals surface area contributed by atoms with E-state index in [0.29, 0.717) is 31.2 Å². The molecule has 0 spiro atoms. The molecule has 2 atom stereocenters. The second-order valence-corrected chi connectivity index (χ2v) is 12.0. The van der Waals surface area contributed by atoms with Gasteiger partial charge in [0.2, 0.25) is 10.0 Å². The van der Waals surface area contributed by atoms with Crippen molar-refractivity contribution in [1.29, 1.82) is 0 Å². The number of hydrogen-bond donors (Lipinski definition) is 2. The molecule has 2 aromatic rings. The van der Waals surface area contributed by atoms with E-state index >= 15 is 0 Å². The molecule has 0 bridgehead atoms. The summed E-state index contributed by atoms with van der Waals surface area (Å²) >= 11 is 0. The van der Waals surface area contributed by atoms with Gasteiger partial charge in [-0.05, 0) is 69.6 Å². The molecule has 2 fully saturated rings. The molecule has 0 amide bonds. The lowest BCUT2D eigenvalue weighted by Gasteiger charge is -2.33. The van der Waals surface area contributed by atoms with Crippen LogP contribution in [0.5, 0.6) is 0 Å². The fraction of sp³-hybridized carbons (Fsp3) is 0.577. The number of aromatic nitrogens is 1. The number of hydrogen-bond acceptors (Lipinski definition) is 6. The smallest absolute Gasteiger partial charge is 0.209 e. The Morgan fingerprint density at radius 3 is 2.38 bits per heavy atom.